The monoisotopic (exact) mass is 243 g/mol. The van der Waals surface area contributed by atoms with Gasteiger partial charge in [-0.25, -0.2) is 0 Å². The number of aliphatic carboxylic acids is 1. The van der Waals surface area contributed by atoms with Crippen LogP contribution in [0.15, 0.2) is 0 Å². The lowest BCUT2D eigenvalue weighted by Crippen LogP contribution is -2.46. The summed E-state index contributed by atoms with van der Waals surface area (Å²) in [4.78, 5) is 34.3. The fraction of sp³-hybridized carbons (Fsp3) is 0.727. The summed E-state index contributed by atoms with van der Waals surface area (Å²) in [6, 6.07) is -0.929. The zero-order valence-corrected chi connectivity index (χ0v) is 10.1. The highest BCUT2D eigenvalue weighted by atomic mass is 16.5. The molecule has 0 aromatic rings. The van der Waals surface area contributed by atoms with Crippen molar-refractivity contribution in [3.8, 4) is 0 Å². The summed E-state index contributed by atoms with van der Waals surface area (Å²) in [6.45, 7) is 5.06. The van der Waals surface area contributed by atoms with Gasteiger partial charge in [0.25, 0.3) is 0 Å². The van der Waals surface area contributed by atoms with E-state index in [0.29, 0.717) is 6.42 Å². The maximum atomic E-state index is 11.8. The summed E-state index contributed by atoms with van der Waals surface area (Å²) in [5.41, 5.74) is -0.747. The van der Waals surface area contributed by atoms with Crippen LogP contribution >= 0.6 is 0 Å². The van der Waals surface area contributed by atoms with E-state index in [1.165, 1.54) is 0 Å². The van der Waals surface area contributed by atoms with Crippen LogP contribution in [0.5, 0.6) is 0 Å². The SMILES string of the molecule is CCC(C)(C)C(=O)C(=O)C1NC(C(=O)O)CO1. The Labute approximate surface area is 99.3 Å². The van der Waals surface area contributed by atoms with Crippen LogP contribution in [-0.4, -0.2) is 41.5 Å². The highest BCUT2D eigenvalue weighted by Gasteiger charge is 2.41. The van der Waals surface area contributed by atoms with E-state index < -0.39 is 35.2 Å². The van der Waals surface area contributed by atoms with E-state index in [0.717, 1.165) is 0 Å². The molecule has 2 unspecified atom stereocenters. The molecule has 0 amide bonds. The van der Waals surface area contributed by atoms with Crippen molar-refractivity contribution in [3.63, 3.8) is 0 Å². The van der Waals surface area contributed by atoms with E-state index in [1.54, 1.807) is 13.8 Å². The molecule has 0 radical (unpaired) electrons. The standard InChI is InChI=1S/C11H17NO5/c1-4-11(2,3)8(14)7(13)9-12-6(5-17-9)10(15)16/h6,9,12H,4-5H2,1-3H3,(H,15,16). The van der Waals surface area contributed by atoms with Gasteiger partial charge in [-0.15, -0.1) is 0 Å². The lowest BCUT2D eigenvalue weighted by atomic mass is 9.83. The Hall–Kier alpha value is -1.27. The molecule has 1 saturated heterocycles. The van der Waals surface area contributed by atoms with Gasteiger partial charge in [0.1, 0.15) is 6.04 Å². The van der Waals surface area contributed by atoms with Crippen molar-refractivity contribution >= 4 is 17.5 Å². The number of carbonyl (C=O) groups excluding carboxylic acids is 2. The Bertz CT molecular complexity index is 350. The van der Waals surface area contributed by atoms with Gasteiger partial charge in [0.05, 0.1) is 6.61 Å². The van der Waals surface area contributed by atoms with Crippen LogP contribution in [0.1, 0.15) is 27.2 Å². The maximum absolute atomic E-state index is 11.8. The first-order valence-electron chi connectivity index (χ1n) is 5.48. The predicted octanol–water partition coefficient (Wildman–Crippen LogP) is -0.0401. The maximum Gasteiger partial charge on any atom is 0.323 e. The Balaban J connectivity index is 2.67. The number of carboxylic acids is 1. The third-order valence-corrected chi connectivity index (χ3v) is 3.04. The zero-order valence-electron chi connectivity index (χ0n) is 10.1. The molecule has 0 aliphatic carbocycles. The predicted molar refractivity (Wildman–Crippen MR) is 58.4 cm³/mol. The Kier molecular flexibility index (Phi) is 4.00. The van der Waals surface area contributed by atoms with Crippen LogP contribution in [0.4, 0.5) is 0 Å². The molecule has 1 fully saturated rings. The van der Waals surface area contributed by atoms with Crippen LogP contribution in [-0.2, 0) is 19.1 Å². The highest BCUT2D eigenvalue weighted by Crippen LogP contribution is 2.22. The first kappa shape index (κ1) is 13.8. The van der Waals surface area contributed by atoms with Crippen molar-refractivity contribution in [3.05, 3.63) is 0 Å². The van der Waals surface area contributed by atoms with Gasteiger partial charge in [-0.05, 0) is 6.42 Å². The first-order valence-corrected chi connectivity index (χ1v) is 5.48. The van der Waals surface area contributed by atoms with E-state index in [2.05, 4.69) is 5.32 Å². The number of hydrogen-bond donors (Lipinski definition) is 2. The molecule has 6 heteroatoms. The number of Topliss-reactive ketones (excluding diaryl/α,β-unsaturated/α-hetero) is 2. The number of ether oxygens (including phenoxy) is 1. The number of nitrogens with one attached hydrogen (secondary N) is 1. The van der Waals surface area contributed by atoms with E-state index in [4.69, 9.17) is 9.84 Å². The lowest BCUT2D eigenvalue weighted by Gasteiger charge is -2.21. The van der Waals surface area contributed by atoms with Gasteiger partial charge < -0.3 is 9.84 Å². The third kappa shape index (κ3) is 2.89. The number of carbonyl (C=O) groups is 3. The molecule has 0 spiro atoms. The molecule has 1 rings (SSSR count). The molecule has 1 aliphatic heterocycles. The second-order valence-electron chi connectivity index (χ2n) is 4.70. The summed E-state index contributed by atoms with van der Waals surface area (Å²) in [7, 11) is 0. The zero-order chi connectivity index (χ0) is 13.2. The summed E-state index contributed by atoms with van der Waals surface area (Å²) >= 11 is 0. The molecule has 96 valence electrons. The summed E-state index contributed by atoms with van der Waals surface area (Å²) in [6.07, 6.45) is -0.596. The molecule has 2 atom stereocenters. The van der Waals surface area contributed by atoms with Gasteiger partial charge in [0.2, 0.25) is 11.6 Å². The largest absolute Gasteiger partial charge is 0.480 e. The fourth-order valence-electron chi connectivity index (χ4n) is 1.38. The Morgan fingerprint density at radius 1 is 1.41 bits per heavy atom. The van der Waals surface area contributed by atoms with E-state index in [9.17, 15) is 14.4 Å². The highest BCUT2D eigenvalue weighted by molar-refractivity contribution is 6.40. The van der Waals surface area contributed by atoms with Gasteiger partial charge in [-0.1, -0.05) is 20.8 Å². The minimum atomic E-state index is -1.13. The Morgan fingerprint density at radius 2 is 2.00 bits per heavy atom. The minimum absolute atomic E-state index is 0.106. The van der Waals surface area contributed by atoms with E-state index in [1.807, 2.05) is 6.92 Å². The Morgan fingerprint density at radius 3 is 2.41 bits per heavy atom. The van der Waals surface area contributed by atoms with Crippen molar-refractivity contribution in [1.29, 1.82) is 0 Å². The topological polar surface area (TPSA) is 92.7 Å². The smallest absolute Gasteiger partial charge is 0.323 e. The van der Waals surface area contributed by atoms with Crippen molar-refractivity contribution in [2.45, 2.75) is 39.5 Å². The molecule has 0 aromatic heterocycles. The lowest BCUT2D eigenvalue weighted by molar-refractivity contribution is -0.147. The van der Waals surface area contributed by atoms with Crippen LogP contribution in [0.2, 0.25) is 0 Å². The molecular weight excluding hydrogens is 226 g/mol. The van der Waals surface area contributed by atoms with Crippen LogP contribution in [0, 0.1) is 5.41 Å². The third-order valence-electron chi connectivity index (χ3n) is 3.04. The van der Waals surface area contributed by atoms with Crippen LogP contribution in [0.25, 0.3) is 0 Å². The molecule has 0 bridgehead atoms. The van der Waals surface area contributed by atoms with Crippen molar-refractivity contribution < 1.29 is 24.2 Å². The second kappa shape index (κ2) is 4.93. The number of carboxylic acid groups (broad SMARTS) is 1. The molecule has 6 nitrogen and oxygen atoms in total. The number of rotatable bonds is 5. The molecule has 2 N–H and O–H groups in total. The first-order chi connectivity index (χ1) is 7.79. The average Bonchev–Trinajstić information content (AvgIpc) is 2.76. The van der Waals surface area contributed by atoms with E-state index in [-0.39, 0.29) is 6.61 Å². The van der Waals surface area contributed by atoms with Gasteiger partial charge >= 0.3 is 5.97 Å². The second-order valence-corrected chi connectivity index (χ2v) is 4.70. The van der Waals surface area contributed by atoms with Gasteiger partial charge in [0.15, 0.2) is 6.23 Å². The normalized spacial score (nSPS) is 24.6. The quantitative estimate of drug-likeness (QED) is 0.658. The summed E-state index contributed by atoms with van der Waals surface area (Å²) < 4.78 is 4.99. The van der Waals surface area contributed by atoms with Crippen LogP contribution < -0.4 is 5.32 Å². The van der Waals surface area contributed by atoms with Crippen molar-refractivity contribution in [2.75, 3.05) is 6.61 Å². The molecule has 0 saturated carbocycles. The number of hydrogen-bond acceptors (Lipinski definition) is 5. The molecule has 1 heterocycles. The summed E-state index contributed by atoms with van der Waals surface area (Å²) in [5.74, 6) is -2.34. The summed E-state index contributed by atoms with van der Waals surface area (Å²) in [5, 5.41) is 11.2. The van der Waals surface area contributed by atoms with Gasteiger partial charge in [-0.3, -0.25) is 19.7 Å². The molecule has 1 aliphatic rings. The van der Waals surface area contributed by atoms with E-state index >= 15 is 0 Å². The van der Waals surface area contributed by atoms with Crippen LogP contribution in [0.3, 0.4) is 0 Å². The van der Waals surface area contributed by atoms with Gasteiger partial charge in [-0.2, -0.15) is 0 Å². The minimum Gasteiger partial charge on any atom is -0.480 e. The van der Waals surface area contributed by atoms with Gasteiger partial charge in [0, 0.05) is 5.41 Å². The number of ketones is 2. The molecular formula is C11H17NO5. The molecule has 17 heavy (non-hydrogen) atoms. The van der Waals surface area contributed by atoms with Crippen molar-refractivity contribution in [2.24, 2.45) is 5.41 Å². The average molecular weight is 243 g/mol. The molecule has 0 aromatic carbocycles. The fourth-order valence-corrected chi connectivity index (χ4v) is 1.38. The van der Waals surface area contributed by atoms with Crippen molar-refractivity contribution in [1.82, 2.24) is 5.32 Å².